The Kier molecular flexibility index (Phi) is 5.70. The zero-order valence-electron chi connectivity index (χ0n) is 13.4. The van der Waals surface area contributed by atoms with Crippen LogP contribution in [0.15, 0.2) is 24.3 Å². The molecule has 1 N–H and O–H groups in total. The first kappa shape index (κ1) is 15.8. The van der Waals surface area contributed by atoms with Crippen LogP contribution in [0.5, 0.6) is 0 Å². The van der Waals surface area contributed by atoms with Crippen molar-refractivity contribution in [2.24, 2.45) is 0 Å². The predicted molar refractivity (Wildman–Crippen MR) is 89.5 cm³/mol. The van der Waals surface area contributed by atoms with E-state index in [1.54, 1.807) is 0 Å². The summed E-state index contributed by atoms with van der Waals surface area (Å²) in [6, 6.07) is 8.78. The fourth-order valence-corrected chi connectivity index (χ4v) is 3.46. The van der Waals surface area contributed by atoms with Crippen molar-refractivity contribution >= 4 is 5.69 Å². The van der Waals surface area contributed by atoms with Crippen molar-refractivity contribution in [3.63, 3.8) is 0 Å². The molecule has 22 heavy (non-hydrogen) atoms. The van der Waals surface area contributed by atoms with Crippen molar-refractivity contribution in [1.29, 1.82) is 0 Å². The van der Waals surface area contributed by atoms with Gasteiger partial charge in [-0.1, -0.05) is 18.2 Å². The van der Waals surface area contributed by atoms with Gasteiger partial charge in [-0.3, -0.25) is 4.90 Å². The highest BCUT2D eigenvalue weighted by atomic mass is 16.5. The Bertz CT molecular complexity index is 452. The van der Waals surface area contributed by atoms with E-state index in [0.29, 0.717) is 0 Å². The summed E-state index contributed by atoms with van der Waals surface area (Å²) in [5.41, 5.74) is 2.82. The second kappa shape index (κ2) is 7.95. The average Bonchev–Trinajstić information content (AvgIpc) is 2.57. The van der Waals surface area contributed by atoms with E-state index in [-0.39, 0.29) is 6.10 Å². The van der Waals surface area contributed by atoms with E-state index in [2.05, 4.69) is 34.1 Å². The van der Waals surface area contributed by atoms with Gasteiger partial charge in [0, 0.05) is 31.9 Å². The van der Waals surface area contributed by atoms with Gasteiger partial charge in [-0.25, -0.2) is 0 Å². The maximum absolute atomic E-state index is 9.69. The number of aliphatic hydroxyl groups excluding tert-OH is 1. The second-order valence-corrected chi connectivity index (χ2v) is 6.40. The van der Waals surface area contributed by atoms with Crippen LogP contribution in [0.2, 0.25) is 0 Å². The fourth-order valence-electron chi connectivity index (χ4n) is 3.46. The minimum absolute atomic E-state index is 0.107. The van der Waals surface area contributed by atoms with E-state index < -0.39 is 0 Å². The van der Waals surface area contributed by atoms with Crippen molar-refractivity contribution in [2.75, 3.05) is 50.8 Å². The molecule has 2 heterocycles. The summed E-state index contributed by atoms with van der Waals surface area (Å²) in [7, 11) is 0. The molecular formula is C18H28N2O2. The number of aliphatic hydroxyl groups is 1. The number of benzene rings is 1. The normalized spacial score (nSPS) is 21.2. The first-order valence-corrected chi connectivity index (χ1v) is 8.64. The molecule has 0 atom stereocenters. The number of hydrogen-bond donors (Lipinski definition) is 1. The van der Waals surface area contributed by atoms with Gasteiger partial charge < -0.3 is 14.7 Å². The molecule has 0 amide bonds. The summed E-state index contributed by atoms with van der Waals surface area (Å²) < 4.78 is 5.40. The molecule has 0 unspecified atom stereocenters. The molecule has 0 aromatic heterocycles. The largest absolute Gasteiger partial charge is 0.393 e. The fraction of sp³-hybridized carbons (Fsp3) is 0.667. The third kappa shape index (κ3) is 4.22. The van der Waals surface area contributed by atoms with Crippen LogP contribution >= 0.6 is 0 Å². The quantitative estimate of drug-likeness (QED) is 0.901. The average molecular weight is 304 g/mol. The van der Waals surface area contributed by atoms with Crippen molar-refractivity contribution in [1.82, 2.24) is 4.90 Å². The van der Waals surface area contributed by atoms with Crippen LogP contribution < -0.4 is 4.90 Å². The number of aryl methyl sites for hydroxylation is 1. The number of piperidine rings is 1. The van der Waals surface area contributed by atoms with E-state index in [9.17, 15) is 5.11 Å². The van der Waals surface area contributed by atoms with Crippen LogP contribution in [-0.2, 0) is 11.2 Å². The van der Waals surface area contributed by atoms with Crippen molar-refractivity contribution < 1.29 is 9.84 Å². The lowest BCUT2D eigenvalue weighted by atomic mass is 10.0. The zero-order valence-corrected chi connectivity index (χ0v) is 13.4. The number of rotatable bonds is 5. The first-order chi connectivity index (χ1) is 10.8. The van der Waals surface area contributed by atoms with E-state index >= 15 is 0 Å². The summed E-state index contributed by atoms with van der Waals surface area (Å²) >= 11 is 0. The lowest BCUT2D eigenvalue weighted by molar-refractivity contribution is 0.0375. The molecule has 0 aliphatic carbocycles. The second-order valence-electron chi connectivity index (χ2n) is 6.40. The highest BCUT2D eigenvalue weighted by Gasteiger charge is 2.19. The Hall–Kier alpha value is -1.10. The molecule has 2 aliphatic rings. The maximum atomic E-state index is 9.69. The number of para-hydroxylation sites is 1. The molecule has 0 bridgehead atoms. The number of morpholine rings is 1. The molecule has 0 spiro atoms. The summed E-state index contributed by atoms with van der Waals surface area (Å²) in [4.78, 5) is 4.94. The Morgan fingerprint density at radius 1 is 1.05 bits per heavy atom. The maximum Gasteiger partial charge on any atom is 0.0594 e. The third-order valence-corrected chi connectivity index (χ3v) is 4.82. The molecule has 2 aliphatic heterocycles. The zero-order chi connectivity index (χ0) is 15.2. The molecule has 4 heteroatoms. The molecule has 1 aromatic carbocycles. The van der Waals surface area contributed by atoms with Crippen LogP contribution in [0, 0.1) is 0 Å². The van der Waals surface area contributed by atoms with Gasteiger partial charge in [-0.05, 0) is 43.9 Å². The molecule has 2 saturated heterocycles. The van der Waals surface area contributed by atoms with Gasteiger partial charge in [0.2, 0.25) is 0 Å². The first-order valence-electron chi connectivity index (χ1n) is 8.64. The predicted octanol–water partition coefficient (Wildman–Crippen LogP) is 1.91. The lowest BCUT2D eigenvalue weighted by Crippen LogP contribution is -2.37. The number of hydrogen-bond acceptors (Lipinski definition) is 4. The van der Waals surface area contributed by atoms with Gasteiger partial charge in [-0.2, -0.15) is 0 Å². The number of anilines is 1. The lowest BCUT2D eigenvalue weighted by Gasteiger charge is -2.33. The SMILES string of the molecule is OC1CCN(c2ccccc2CCCN2CCOCC2)CC1. The molecule has 0 saturated carbocycles. The van der Waals surface area contributed by atoms with Gasteiger partial charge in [0.25, 0.3) is 0 Å². The molecule has 1 aromatic rings. The minimum Gasteiger partial charge on any atom is -0.393 e. The highest BCUT2D eigenvalue weighted by molar-refractivity contribution is 5.54. The summed E-state index contributed by atoms with van der Waals surface area (Å²) in [6.45, 7) is 7.02. The Morgan fingerprint density at radius 2 is 1.77 bits per heavy atom. The van der Waals surface area contributed by atoms with Gasteiger partial charge in [0.1, 0.15) is 0 Å². The van der Waals surface area contributed by atoms with Gasteiger partial charge in [0.15, 0.2) is 0 Å². The highest BCUT2D eigenvalue weighted by Crippen LogP contribution is 2.25. The minimum atomic E-state index is -0.107. The van der Waals surface area contributed by atoms with Gasteiger partial charge >= 0.3 is 0 Å². The summed E-state index contributed by atoms with van der Waals surface area (Å²) in [5.74, 6) is 0. The van der Waals surface area contributed by atoms with E-state index in [0.717, 1.165) is 65.2 Å². The van der Waals surface area contributed by atoms with Crippen molar-refractivity contribution in [3.8, 4) is 0 Å². The van der Waals surface area contributed by atoms with Crippen molar-refractivity contribution in [2.45, 2.75) is 31.8 Å². The van der Waals surface area contributed by atoms with Crippen molar-refractivity contribution in [3.05, 3.63) is 29.8 Å². The molecule has 2 fully saturated rings. The van der Waals surface area contributed by atoms with Gasteiger partial charge in [-0.15, -0.1) is 0 Å². The van der Waals surface area contributed by atoms with Crippen LogP contribution in [0.3, 0.4) is 0 Å². The summed E-state index contributed by atoms with van der Waals surface area (Å²) in [6.07, 6.45) is 4.01. The van der Waals surface area contributed by atoms with Crippen LogP contribution in [0.1, 0.15) is 24.8 Å². The van der Waals surface area contributed by atoms with Crippen LogP contribution in [0.25, 0.3) is 0 Å². The number of ether oxygens (including phenoxy) is 1. The number of nitrogens with zero attached hydrogens (tertiary/aromatic N) is 2. The molecule has 4 nitrogen and oxygen atoms in total. The Balaban J connectivity index is 1.54. The van der Waals surface area contributed by atoms with Crippen LogP contribution in [-0.4, -0.2) is 62.0 Å². The monoisotopic (exact) mass is 304 g/mol. The smallest absolute Gasteiger partial charge is 0.0594 e. The van der Waals surface area contributed by atoms with Crippen LogP contribution in [0.4, 0.5) is 5.69 Å². The van der Waals surface area contributed by atoms with E-state index in [4.69, 9.17) is 4.74 Å². The Morgan fingerprint density at radius 3 is 2.55 bits per heavy atom. The summed E-state index contributed by atoms with van der Waals surface area (Å²) in [5, 5.41) is 9.69. The molecule has 0 radical (unpaired) electrons. The Labute approximate surface area is 133 Å². The topological polar surface area (TPSA) is 35.9 Å². The third-order valence-electron chi connectivity index (χ3n) is 4.82. The molecule has 122 valence electrons. The standard InChI is InChI=1S/C18H28N2O2/c21-17-7-10-20(11-8-17)18-6-2-1-4-16(18)5-3-9-19-12-14-22-15-13-19/h1-2,4,6,17,21H,3,5,7-15H2. The molecule has 3 rings (SSSR count). The van der Waals surface area contributed by atoms with E-state index in [1.165, 1.54) is 17.7 Å². The molecular weight excluding hydrogens is 276 g/mol. The van der Waals surface area contributed by atoms with E-state index in [1.807, 2.05) is 0 Å². The van der Waals surface area contributed by atoms with Gasteiger partial charge in [0.05, 0.1) is 19.3 Å².